The van der Waals surface area contributed by atoms with Gasteiger partial charge in [0.25, 0.3) is 0 Å². The molecule has 0 unspecified atom stereocenters. The van der Waals surface area contributed by atoms with Crippen LogP contribution in [-0.2, 0) is 4.79 Å². The Balaban J connectivity index is 1.63. The fraction of sp³-hybridized carbons (Fsp3) is 0.300. The number of benzene rings is 2. The van der Waals surface area contributed by atoms with Gasteiger partial charge in [-0.05, 0) is 48.7 Å². The molecule has 0 aromatic heterocycles. The lowest BCUT2D eigenvalue weighted by molar-refractivity contribution is -0.116. The smallest absolute Gasteiger partial charge is 0.322 e. The summed E-state index contributed by atoms with van der Waals surface area (Å²) in [5.41, 5.74) is 2.20. The fourth-order valence-corrected chi connectivity index (χ4v) is 2.98. The number of carbonyl (C=O) groups is 2. The quantitative estimate of drug-likeness (QED) is 0.827. The van der Waals surface area contributed by atoms with E-state index in [9.17, 15) is 14.0 Å². The van der Waals surface area contributed by atoms with Gasteiger partial charge < -0.3 is 15.5 Å². The minimum Gasteiger partial charge on any atom is -0.326 e. The van der Waals surface area contributed by atoms with E-state index >= 15 is 0 Å². The van der Waals surface area contributed by atoms with E-state index in [1.165, 1.54) is 12.1 Å². The summed E-state index contributed by atoms with van der Waals surface area (Å²) >= 11 is 0. The highest BCUT2D eigenvalue weighted by Gasteiger charge is 2.33. The van der Waals surface area contributed by atoms with Crippen molar-refractivity contribution in [2.45, 2.75) is 32.2 Å². The number of carbonyl (C=O) groups excluding carboxylic acids is 2. The maximum Gasteiger partial charge on any atom is 0.322 e. The van der Waals surface area contributed by atoms with Crippen LogP contribution in [0, 0.1) is 5.82 Å². The van der Waals surface area contributed by atoms with Crippen molar-refractivity contribution in [3.05, 3.63) is 59.9 Å². The van der Waals surface area contributed by atoms with E-state index < -0.39 is 0 Å². The molecule has 1 atom stereocenters. The van der Waals surface area contributed by atoms with Crippen molar-refractivity contribution in [3.8, 4) is 0 Å². The number of likely N-dealkylation sites (tertiary alicyclic amines) is 1. The largest absolute Gasteiger partial charge is 0.326 e. The molecule has 1 aliphatic rings. The lowest BCUT2D eigenvalue weighted by Crippen LogP contribution is -2.47. The second kappa shape index (κ2) is 7.99. The number of halogens is 1. The van der Waals surface area contributed by atoms with Crippen LogP contribution in [0.3, 0.4) is 0 Å². The first-order valence-corrected chi connectivity index (χ1v) is 8.80. The summed E-state index contributed by atoms with van der Waals surface area (Å²) in [6.45, 7) is 2.60. The molecule has 1 saturated heterocycles. The Bertz CT molecular complexity index is 792. The Morgan fingerprint density at radius 1 is 1.12 bits per heavy atom. The molecule has 0 spiro atoms. The van der Waals surface area contributed by atoms with Crippen LogP contribution in [-0.4, -0.2) is 23.4 Å². The van der Waals surface area contributed by atoms with Gasteiger partial charge in [-0.25, -0.2) is 9.18 Å². The number of hydrogen-bond donors (Lipinski definition) is 2. The van der Waals surface area contributed by atoms with Gasteiger partial charge in [0.2, 0.25) is 5.91 Å². The van der Waals surface area contributed by atoms with Crippen LogP contribution in [0.15, 0.2) is 48.5 Å². The lowest BCUT2D eigenvalue weighted by atomic mass is 9.95. The van der Waals surface area contributed by atoms with Crippen molar-refractivity contribution in [3.63, 3.8) is 0 Å². The van der Waals surface area contributed by atoms with E-state index in [4.69, 9.17) is 0 Å². The van der Waals surface area contributed by atoms with Gasteiger partial charge in [0, 0.05) is 24.3 Å². The normalized spacial score (nSPS) is 15.9. The molecule has 0 bridgehead atoms. The molecule has 2 aromatic carbocycles. The van der Waals surface area contributed by atoms with E-state index in [0.717, 1.165) is 18.4 Å². The number of urea groups is 1. The van der Waals surface area contributed by atoms with E-state index in [2.05, 4.69) is 10.6 Å². The molecule has 26 heavy (non-hydrogen) atoms. The first-order valence-electron chi connectivity index (χ1n) is 8.80. The van der Waals surface area contributed by atoms with Crippen molar-refractivity contribution >= 4 is 23.3 Å². The molecule has 1 heterocycles. The van der Waals surface area contributed by atoms with Gasteiger partial charge in [0.05, 0.1) is 6.04 Å². The summed E-state index contributed by atoms with van der Waals surface area (Å²) in [6.07, 6.45) is 2.10. The van der Waals surface area contributed by atoms with Crippen molar-refractivity contribution in [2.75, 3.05) is 17.2 Å². The van der Waals surface area contributed by atoms with E-state index in [-0.39, 0.29) is 23.8 Å². The zero-order valence-electron chi connectivity index (χ0n) is 14.7. The molecule has 2 aromatic rings. The zero-order chi connectivity index (χ0) is 18.5. The fourth-order valence-electron chi connectivity index (χ4n) is 2.98. The Kier molecular flexibility index (Phi) is 5.51. The van der Waals surface area contributed by atoms with Gasteiger partial charge in [-0.1, -0.05) is 25.1 Å². The molecule has 3 rings (SSSR count). The first kappa shape index (κ1) is 17.9. The summed E-state index contributed by atoms with van der Waals surface area (Å²) in [5, 5.41) is 5.68. The molecule has 6 heteroatoms. The van der Waals surface area contributed by atoms with Crippen molar-refractivity contribution < 1.29 is 14.0 Å². The summed E-state index contributed by atoms with van der Waals surface area (Å²) in [5.74, 6) is -0.332. The number of amides is 3. The van der Waals surface area contributed by atoms with Gasteiger partial charge in [-0.15, -0.1) is 0 Å². The molecule has 0 aliphatic carbocycles. The average molecular weight is 355 g/mol. The van der Waals surface area contributed by atoms with Crippen LogP contribution in [0.25, 0.3) is 0 Å². The minimum absolute atomic E-state index is 0.0389. The molecular formula is C20H22FN3O2. The maximum absolute atomic E-state index is 13.1. The highest BCUT2D eigenvalue weighted by Crippen LogP contribution is 2.33. The lowest BCUT2D eigenvalue weighted by Gasteiger charge is -2.41. The van der Waals surface area contributed by atoms with Crippen LogP contribution in [0.4, 0.5) is 20.6 Å². The van der Waals surface area contributed by atoms with Crippen molar-refractivity contribution in [1.29, 1.82) is 0 Å². The first-order chi connectivity index (χ1) is 12.6. The summed E-state index contributed by atoms with van der Waals surface area (Å²) in [4.78, 5) is 26.0. The SMILES string of the molecule is CCCC(=O)Nc1cccc(NC(=O)N2CC[C@@H]2c2ccc(F)cc2)c1. The van der Waals surface area contributed by atoms with Gasteiger partial charge in [-0.3, -0.25) is 4.79 Å². The monoisotopic (exact) mass is 355 g/mol. The standard InChI is InChI=1S/C20H22FN3O2/c1-2-4-19(25)22-16-5-3-6-17(13-16)23-20(26)24-12-11-18(24)14-7-9-15(21)10-8-14/h3,5-10,13,18H,2,4,11-12H2,1H3,(H,22,25)(H,23,26)/t18-/m1/s1. The van der Waals surface area contributed by atoms with E-state index in [1.807, 2.05) is 6.92 Å². The number of nitrogens with zero attached hydrogens (tertiary/aromatic N) is 1. The molecule has 0 saturated carbocycles. The number of hydrogen-bond acceptors (Lipinski definition) is 2. The van der Waals surface area contributed by atoms with Gasteiger partial charge in [0.15, 0.2) is 0 Å². The Morgan fingerprint density at radius 2 is 1.81 bits per heavy atom. The van der Waals surface area contributed by atoms with Gasteiger partial charge in [0.1, 0.15) is 5.82 Å². The summed E-state index contributed by atoms with van der Waals surface area (Å²) in [6, 6.07) is 13.1. The maximum atomic E-state index is 13.1. The van der Waals surface area contributed by atoms with Crippen molar-refractivity contribution in [1.82, 2.24) is 4.90 Å². The van der Waals surface area contributed by atoms with E-state index in [1.54, 1.807) is 41.3 Å². The zero-order valence-corrected chi connectivity index (χ0v) is 14.7. The van der Waals surface area contributed by atoms with Gasteiger partial charge >= 0.3 is 6.03 Å². The molecule has 1 aliphatic heterocycles. The topological polar surface area (TPSA) is 61.4 Å². The summed E-state index contributed by atoms with van der Waals surface area (Å²) in [7, 11) is 0. The van der Waals surface area contributed by atoms with Crippen LogP contribution in [0.2, 0.25) is 0 Å². The Labute approximate surface area is 152 Å². The highest BCUT2D eigenvalue weighted by molar-refractivity contribution is 5.93. The number of anilines is 2. The molecule has 0 radical (unpaired) electrons. The van der Waals surface area contributed by atoms with Crippen LogP contribution >= 0.6 is 0 Å². The molecule has 2 N–H and O–H groups in total. The highest BCUT2D eigenvalue weighted by atomic mass is 19.1. The van der Waals surface area contributed by atoms with Crippen LogP contribution in [0.1, 0.15) is 37.8 Å². The van der Waals surface area contributed by atoms with Crippen LogP contribution < -0.4 is 10.6 Å². The van der Waals surface area contributed by atoms with E-state index in [0.29, 0.717) is 24.3 Å². The number of nitrogens with one attached hydrogen (secondary N) is 2. The second-order valence-corrected chi connectivity index (χ2v) is 6.36. The van der Waals surface area contributed by atoms with Gasteiger partial charge in [-0.2, -0.15) is 0 Å². The molecule has 1 fully saturated rings. The third-order valence-electron chi connectivity index (χ3n) is 4.41. The number of rotatable bonds is 5. The Morgan fingerprint density at radius 3 is 2.42 bits per heavy atom. The van der Waals surface area contributed by atoms with Crippen LogP contribution in [0.5, 0.6) is 0 Å². The average Bonchev–Trinajstić information content (AvgIpc) is 2.56. The molecular weight excluding hydrogens is 333 g/mol. The second-order valence-electron chi connectivity index (χ2n) is 6.36. The predicted octanol–water partition coefficient (Wildman–Crippen LogP) is 4.54. The summed E-state index contributed by atoms with van der Waals surface area (Å²) < 4.78 is 13.1. The predicted molar refractivity (Wildman–Crippen MR) is 99.5 cm³/mol. The third-order valence-corrected chi connectivity index (χ3v) is 4.41. The van der Waals surface area contributed by atoms with Crippen molar-refractivity contribution in [2.24, 2.45) is 0 Å². The molecule has 3 amide bonds. The Hall–Kier alpha value is -2.89. The molecule has 136 valence electrons. The molecule has 5 nitrogen and oxygen atoms in total. The third kappa shape index (κ3) is 4.20. The minimum atomic E-state index is -0.286.